The molecule has 1 fully saturated rings. The van der Waals surface area contributed by atoms with Gasteiger partial charge in [0.05, 0.1) is 6.61 Å². The summed E-state index contributed by atoms with van der Waals surface area (Å²) < 4.78 is 5.39. The second-order valence-corrected chi connectivity index (χ2v) is 3.73. The SMILES string of the molecule is NC1CCOCC1c1cccc(O)c1. The summed E-state index contributed by atoms with van der Waals surface area (Å²) in [6.07, 6.45) is 0.889. The zero-order valence-corrected chi connectivity index (χ0v) is 8.02. The number of hydrogen-bond donors (Lipinski definition) is 2. The summed E-state index contributed by atoms with van der Waals surface area (Å²) in [5.74, 6) is 0.510. The molecule has 2 rings (SSSR count). The lowest BCUT2D eigenvalue weighted by molar-refractivity contribution is 0.0691. The van der Waals surface area contributed by atoms with Crippen molar-refractivity contribution < 1.29 is 9.84 Å². The van der Waals surface area contributed by atoms with Crippen LogP contribution in [0.3, 0.4) is 0 Å². The number of hydrogen-bond acceptors (Lipinski definition) is 3. The molecule has 2 atom stereocenters. The predicted octanol–water partition coefficient (Wildman–Crippen LogP) is 1.22. The second-order valence-electron chi connectivity index (χ2n) is 3.73. The van der Waals surface area contributed by atoms with Crippen molar-refractivity contribution in [1.29, 1.82) is 0 Å². The quantitative estimate of drug-likeness (QED) is 0.705. The van der Waals surface area contributed by atoms with Gasteiger partial charge in [0.2, 0.25) is 0 Å². The summed E-state index contributed by atoms with van der Waals surface area (Å²) in [6, 6.07) is 7.40. The Balaban J connectivity index is 2.20. The number of rotatable bonds is 1. The van der Waals surface area contributed by atoms with Crippen LogP contribution in [0.4, 0.5) is 0 Å². The van der Waals surface area contributed by atoms with Crippen LogP contribution in [0.25, 0.3) is 0 Å². The third-order valence-electron chi connectivity index (χ3n) is 2.71. The smallest absolute Gasteiger partial charge is 0.115 e. The Morgan fingerprint density at radius 2 is 2.29 bits per heavy atom. The highest BCUT2D eigenvalue weighted by molar-refractivity contribution is 5.30. The van der Waals surface area contributed by atoms with Gasteiger partial charge in [-0.25, -0.2) is 0 Å². The fraction of sp³-hybridized carbons (Fsp3) is 0.455. The van der Waals surface area contributed by atoms with E-state index >= 15 is 0 Å². The highest BCUT2D eigenvalue weighted by atomic mass is 16.5. The number of aromatic hydroxyl groups is 1. The zero-order chi connectivity index (χ0) is 9.97. The standard InChI is InChI=1S/C11H15NO2/c12-11-4-5-14-7-10(11)8-2-1-3-9(13)6-8/h1-3,6,10-11,13H,4-5,7,12H2. The van der Waals surface area contributed by atoms with Crippen LogP contribution in [0.15, 0.2) is 24.3 Å². The molecule has 76 valence electrons. The Morgan fingerprint density at radius 3 is 3.00 bits per heavy atom. The van der Waals surface area contributed by atoms with Gasteiger partial charge in [0.25, 0.3) is 0 Å². The van der Waals surface area contributed by atoms with E-state index in [-0.39, 0.29) is 12.0 Å². The Hall–Kier alpha value is -1.06. The largest absolute Gasteiger partial charge is 0.508 e. The normalized spacial score (nSPS) is 27.5. The second kappa shape index (κ2) is 3.98. The molecular formula is C11H15NO2. The molecule has 0 amide bonds. The summed E-state index contributed by atoms with van der Waals surface area (Å²) in [4.78, 5) is 0. The van der Waals surface area contributed by atoms with Gasteiger partial charge >= 0.3 is 0 Å². The minimum atomic E-state index is 0.144. The molecule has 1 aromatic carbocycles. The van der Waals surface area contributed by atoms with E-state index < -0.39 is 0 Å². The van der Waals surface area contributed by atoms with E-state index in [0.717, 1.165) is 18.6 Å². The van der Waals surface area contributed by atoms with Gasteiger partial charge in [-0.05, 0) is 24.1 Å². The van der Waals surface area contributed by atoms with Crippen molar-refractivity contribution in [3.05, 3.63) is 29.8 Å². The molecule has 0 bridgehead atoms. The van der Waals surface area contributed by atoms with E-state index in [2.05, 4.69) is 0 Å². The van der Waals surface area contributed by atoms with Crippen molar-refractivity contribution in [2.24, 2.45) is 5.73 Å². The van der Waals surface area contributed by atoms with Crippen molar-refractivity contribution in [3.8, 4) is 5.75 Å². The highest BCUT2D eigenvalue weighted by Crippen LogP contribution is 2.26. The monoisotopic (exact) mass is 193 g/mol. The van der Waals surface area contributed by atoms with E-state index in [1.807, 2.05) is 12.1 Å². The average Bonchev–Trinajstić information content (AvgIpc) is 2.18. The fourth-order valence-corrected chi connectivity index (χ4v) is 1.85. The first-order valence-corrected chi connectivity index (χ1v) is 4.89. The van der Waals surface area contributed by atoms with Crippen LogP contribution in [0.1, 0.15) is 17.9 Å². The van der Waals surface area contributed by atoms with Crippen LogP contribution < -0.4 is 5.73 Å². The molecule has 2 unspecified atom stereocenters. The molecule has 0 spiro atoms. The molecule has 0 saturated carbocycles. The molecule has 1 aromatic rings. The molecule has 3 N–H and O–H groups in total. The number of nitrogens with two attached hydrogens (primary N) is 1. The van der Waals surface area contributed by atoms with Crippen LogP contribution in [0.2, 0.25) is 0 Å². The van der Waals surface area contributed by atoms with Crippen LogP contribution in [0.5, 0.6) is 5.75 Å². The molecule has 1 saturated heterocycles. The molecular weight excluding hydrogens is 178 g/mol. The summed E-state index contributed by atoms with van der Waals surface area (Å²) in [7, 11) is 0. The van der Waals surface area contributed by atoms with Gasteiger partial charge in [-0.3, -0.25) is 0 Å². The van der Waals surface area contributed by atoms with E-state index in [9.17, 15) is 5.11 Å². The number of phenols is 1. The zero-order valence-electron chi connectivity index (χ0n) is 8.02. The van der Waals surface area contributed by atoms with E-state index in [1.165, 1.54) is 0 Å². The molecule has 0 aliphatic carbocycles. The minimum absolute atomic E-state index is 0.144. The van der Waals surface area contributed by atoms with E-state index in [0.29, 0.717) is 12.4 Å². The Kier molecular flexibility index (Phi) is 2.70. The molecule has 0 aromatic heterocycles. The first kappa shape index (κ1) is 9.49. The maximum atomic E-state index is 9.35. The average molecular weight is 193 g/mol. The summed E-state index contributed by atoms with van der Waals surface area (Å²) in [5.41, 5.74) is 7.07. The summed E-state index contributed by atoms with van der Waals surface area (Å²) >= 11 is 0. The Labute approximate surface area is 83.5 Å². The highest BCUT2D eigenvalue weighted by Gasteiger charge is 2.23. The van der Waals surface area contributed by atoms with Crippen LogP contribution in [-0.4, -0.2) is 24.4 Å². The van der Waals surface area contributed by atoms with Gasteiger partial charge in [-0.1, -0.05) is 12.1 Å². The van der Waals surface area contributed by atoms with E-state index in [4.69, 9.17) is 10.5 Å². The van der Waals surface area contributed by atoms with Crippen molar-refractivity contribution in [2.45, 2.75) is 18.4 Å². The number of ether oxygens (including phenoxy) is 1. The van der Waals surface area contributed by atoms with Crippen molar-refractivity contribution >= 4 is 0 Å². The number of phenolic OH excluding ortho intramolecular Hbond substituents is 1. The van der Waals surface area contributed by atoms with Crippen LogP contribution in [0, 0.1) is 0 Å². The topological polar surface area (TPSA) is 55.5 Å². The van der Waals surface area contributed by atoms with Crippen molar-refractivity contribution in [2.75, 3.05) is 13.2 Å². The van der Waals surface area contributed by atoms with Gasteiger partial charge < -0.3 is 15.6 Å². The molecule has 14 heavy (non-hydrogen) atoms. The third kappa shape index (κ3) is 1.89. The molecule has 1 aliphatic heterocycles. The lowest BCUT2D eigenvalue weighted by Crippen LogP contribution is -2.36. The number of benzene rings is 1. The lowest BCUT2D eigenvalue weighted by atomic mass is 9.89. The van der Waals surface area contributed by atoms with Crippen molar-refractivity contribution in [3.63, 3.8) is 0 Å². The maximum absolute atomic E-state index is 9.35. The van der Waals surface area contributed by atoms with Gasteiger partial charge in [0, 0.05) is 18.6 Å². The van der Waals surface area contributed by atoms with Crippen LogP contribution >= 0.6 is 0 Å². The Bertz CT molecular complexity index is 314. The predicted molar refractivity (Wildman–Crippen MR) is 54.3 cm³/mol. The molecule has 1 aliphatic rings. The van der Waals surface area contributed by atoms with Gasteiger partial charge in [-0.15, -0.1) is 0 Å². The summed E-state index contributed by atoms with van der Waals surface area (Å²) in [5, 5.41) is 9.35. The first-order chi connectivity index (χ1) is 6.77. The van der Waals surface area contributed by atoms with Crippen LogP contribution in [-0.2, 0) is 4.74 Å². The third-order valence-corrected chi connectivity index (χ3v) is 2.71. The van der Waals surface area contributed by atoms with Gasteiger partial charge in [-0.2, -0.15) is 0 Å². The Morgan fingerprint density at radius 1 is 1.43 bits per heavy atom. The first-order valence-electron chi connectivity index (χ1n) is 4.89. The minimum Gasteiger partial charge on any atom is -0.508 e. The van der Waals surface area contributed by atoms with E-state index in [1.54, 1.807) is 12.1 Å². The maximum Gasteiger partial charge on any atom is 0.115 e. The lowest BCUT2D eigenvalue weighted by Gasteiger charge is -2.28. The molecule has 1 heterocycles. The summed E-state index contributed by atoms with van der Waals surface area (Å²) in [6.45, 7) is 1.40. The van der Waals surface area contributed by atoms with Gasteiger partial charge in [0.1, 0.15) is 5.75 Å². The fourth-order valence-electron chi connectivity index (χ4n) is 1.85. The molecule has 3 nitrogen and oxygen atoms in total. The van der Waals surface area contributed by atoms with Gasteiger partial charge in [0.15, 0.2) is 0 Å². The molecule has 0 radical (unpaired) electrons. The van der Waals surface area contributed by atoms with Crippen molar-refractivity contribution in [1.82, 2.24) is 0 Å². The molecule has 3 heteroatoms.